The first kappa shape index (κ1) is 13.0. The molecule has 3 rings (SSSR count). The SMILES string of the molecule is O=C(O)[C@@H]1C[C@H]2CCCC[C@H]2N1C(=O)c1cnccn1. The highest BCUT2D eigenvalue weighted by molar-refractivity contribution is 5.95. The van der Waals surface area contributed by atoms with Gasteiger partial charge in [0.05, 0.1) is 6.20 Å². The predicted octanol–water partition coefficient (Wildman–Crippen LogP) is 1.33. The number of aromatic nitrogens is 2. The van der Waals surface area contributed by atoms with Gasteiger partial charge in [-0.25, -0.2) is 9.78 Å². The van der Waals surface area contributed by atoms with Crippen molar-refractivity contribution in [2.45, 2.75) is 44.2 Å². The molecule has 1 aromatic heterocycles. The molecular formula is C14H17N3O3. The van der Waals surface area contributed by atoms with Crippen LogP contribution in [0.3, 0.4) is 0 Å². The van der Waals surface area contributed by atoms with Crippen LogP contribution < -0.4 is 0 Å². The van der Waals surface area contributed by atoms with E-state index in [9.17, 15) is 14.7 Å². The fourth-order valence-electron chi connectivity index (χ4n) is 3.51. The van der Waals surface area contributed by atoms with Crippen LogP contribution in [-0.2, 0) is 4.79 Å². The van der Waals surface area contributed by atoms with Gasteiger partial charge in [0.25, 0.3) is 5.91 Å². The second-order valence-corrected chi connectivity index (χ2v) is 5.50. The topological polar surface area (TPSA) is 83.4 Å². The normalized spacial score (nSPS) is 29.0. The summed E-state index contributed by atoms with van der Waals surface area (Å²) < 4.78 is 0. The zero-order chi connectivity index (χ0) is 14.1. The highest BCUT2D eigenvalue weighted by atomic mass is 16.4. The Balaban J connectivity index is 1.91. The number of aliphatic carboxylic acids is 1. The Morgan fingerprint density at radius 3 is 2.75 bits per heavy atom. The lowest BCUT2D eigenvalue weighted by molar-refractivity contribution is -0.141. The minimum Gasteiger partial charge on any atom is -0.480 e. The Morgan fingerprint density at radius 1 is 1.25 bits per heavy atom. The molecule has 1 aliphatic heterocycles. The first-order valence-corrected chi connectivity index (χ1v) is 7.00. The van der Waals surface area contributed by atoms with Gasteiger partial charge in [-0.1, -0.05) is 12.8 Å². The first-order chi connectivity index (χ1) is 9.68. The molecule has 0 unspecified atom stereocenters. The lowest BCUT2D eigenvalue weighted by atomic mass is 9.84. The van der Waals surface area contributed by atoms with Gasteiger partial charge in [0.15, 0.2) is 0 Å². The van der Waals surface area contributed by atoms with E-state index < -0.39 is 12.0 Å². The average Bonchev–Trinajstić information content (AvgIpc) is 2.87. The van der Waals surface area contributed by atoms with Crippen LogP contribution in [0.4, 0.5) is 0 Å². The average molecular weight is 275 g/mol. The lowest BCUT2D eigenvalue weighted by Crippen LogP contribution is -2.46. The van der Waals surface area contributed by atoms with Crippen LogP contribution in [0.1, 0.15) is 42.6 Å². The fourth-order valence-corrected chi connectivity index (χ4v) is 3.51. The second-order valence-electron chi connectivity index (χ2n) is 5.50. The van der Waals surface area contributed by atoms with E-state index in [1.807, 2.05) is 0 Å². The van der Waals surface area contributed by atoms with Gasteiger partial charge < -0.3 is 10.0 Å². The fraction of sp³-hybridized carbons (Fsp3) is 0.571. The van der Waals surface area contributed by atoms with Gasteiger partial charge in [0.2, 0.25) is 0 Å². The number of nitrogens with zero attached hydrogens (tertiary/aromatic N) is 3. The molecule has 2 heterocycles. The standard InChI is InChI=1S/C14H17N3O3/c18-13(10-8-15-5-6-16-10)17-11-4-2-1-3-9(11)7-12(17)14(19)20/h5-6,8-9,11-12H,1-4,7H2,(H,19,20)/t9-,11-,12+/m1/s1. The summed E-state index contributed by atoms with van der Waals surface area (Å²) in [4.78, 5) is 33.5. The van der Waals surface area contributed by atoms with Crippen molar-refractivity contribution in [2.24, 2.45) is 5.92 Å². The van der Waals surface area contributed by atoms with E-state index in [1.54, 1.807) is 0 Å². The molecule has 0 radical (unpaired) electrons. The van der Waals surface area contributed by atoms with Crippen LogP contribution in [0.2, 0.25) is 0 Å². The number of carboxylic acid groups (broad SMARTS) is 1. The molecule has 1 saturated heterocycles. The Kier molecular flexibility index (Phi) is 3.38. The summed E-state index contributed by atoms with van der Waals surface area (Å²) in [7, 11) is 0. The van der Waals surface area contributed by atoms with E-state index in [2.05, 4.69) is 9.97 Å². The molecule has 1 amide bonds. The second kappa shape index (κ2) is 5.19. The zero-order valence-electron chi connectivity index (χ0n) is 11.1. The maximum atomic E-state index is 12.6. The van der Waals surface area contributed by atoms with Gasteiger partial charge in [-0.05, 0) is 25.2 Å². The Bertz CT molecular complexity index is 520. The van der Waals surface area contributed by atoms with E-state index in [-0.39, 0.29) is 17.6 Å². The summed E-state index contributed by atoms with van der Waals surface area (Å²) in [5.74, 6) is -0.915. The maximum absolute atomic E-state index is 12.6. The molecule has 1 saturated carbocycles. The van der Waals surface area contributed by atoms with Crippen LogP contribution in [0.15, 0.2) is 18.6 Å². The zero-order valence-corrected chi connectivity index (χ0v) is 11.1. The molecule has 2 aliphatic rings. The summed E-state index contributed by atoms with van der Waals surface area (Å²) in [6.45, 7) is 0. The lowest BCUT2D eigenvalue weighted by Gasteiger charge is -2.32. The highest BCUT2D eigenvalue weighted by Gasteiger charge is 2.47. The van der Waals surface area contributed by atoms with Crippen molar-refractivity contribution < 1.29 is 14.7 Å². The van der Waals surface area contributed by atoms with Crippen LogP contribution >= 0.6 is 0 Å². The number of carboxylic acids is 1. The van der Waals surface area contributed by atoms with Gasteiger partial charge in [-0.2, -0.15) is 0 Å². The van der Waals surface area contributed by atoms with E-state index >= 15 is 0 Å². The highest BCUT2D eigenvalue weighted by Crippen LogP contribution is 2.40. The van der Waals surface area contributed by atoms with Crippen LogP contribution in [0, 0.1) is 5.92 Å². The maximum Gasteiger partial charge on any atom is 0.326 e. The molecule has 2 fully saturated rings. The number of rotatable bonds is 2. The molecule has 0 aromatic carbocycles. The third-order valence-electron chi connectivity index (χ3n) is 4.39. The van der Waals surface area contributed by atoms with E-state index in [0.29, 0.717) is 12.3 Å². The molecule has 106 valence electrons. The molecule has 6 nitrogen and oxygen atoms in total. The van der Waals surface area contributed by atoms with E-state index in [1.165, 1.54) is 23.5 Å². The summed E-state index contributed by atoms with van der Waals surface area (Å²) in [5.41, 5.74) is 0.227. The van der Waals surface area contributed by atoms with Crippen LogP contribution in [0.25, 0.3) is 0 Å². The number of amides is 1. The number of hydrogen-bond acceptors (Lipinski definition) is 4. The quantitative estimate of drug-likeness (QED) is 0.880. The molecule has 6 heteroatoms. The predicted molar refractivity (Wildman–Crippen MR) is 70.0 cm³/mol. The molecule has 0 bridgehead atoms. The number of likely N-dealkylation sites (tertiary alicyclic amines) is 1. The molecule has 1 N–H and O–H groups in total. The van der Waals surface area contributed by atoms with Crippen molar-refractivity contribution in [3.05, 3.63) is 24.3 Å². The number of carbonyl (C=O) groups is 2. The summed E-state index contributed by atoms with van der Waals surface area (Å²) in [5, 5.41) is 9.40. The molecule has 1 aromatic rings. The van der Waals surface area contributed by atoms with Gasteiger partial charge in [-0.3, -0.25) is 9.78 Å². The number of hydrogen-bond donors (Lipinski definition) is 1. The van der Waals surface area contributed by atoms with Crippen molar-refractivity contribution in [1.29, 1.82) is 0 Å². The minimum atomic E-state index is -0.920. The summed E-state index contributed by atoms with van der Waals surface area (Å²) in [6.07, 6.45) is 9.00. The van der Waals surface area contributed by atoms with Crippen molar-refractivity contribution in [2.75, 3.05) is 0 Å². The van der Waals surface area contributed by atoms with Gasteiger partial charge in [0.1, 0.15) is 11.7 Å². The van der Waals surface area contributed by atoms with E-state index in [4.69, 9.17) is 0 Å². The van der Waals surface area contributed by atoms with Crippen molar-refractivity contribution in [1.82, 2.24) is 14.9 Å². The van der Waals surface area contributed by atoms with Crippen molar-refractivity contribution >= 4 is 11.9 Å². The van der Waals surface area contributed by atoms with Crippen LogP contribution in [0.5, 0.6) is 0 Å². The molecule has 0 spiro atoms. The third-order valence-corrected chi connectivity index (χ3v) is 4.39. The van der Waals surface area contributed by atoms with Crippen molar-refractivity contribution in [3.8, 4) is 0 Å². The third kappa shape index (κ3) is 2.15. The summed E-state index contributed by atoms with van der Waals surface area (Å²) in [6, 6.07) is -0.683. The number of carbonyl (C=O) groups excluding carboxylic acids is 1. The molecule has 20 heavy (non-hydrogen) atoms. The van der Waals surface area contributed by atoms with Gasteiger partial charge in [0, 0.05) is 18.4 Å². The largest absolute Gasteiger partial charge is 0.480 e. The number of fused-ring (bicyclic) bond motifs is 1. The summed E-state index contributed by atoms with van der Waals surface area (Å²) >= 11 is 0. The molecular weight excluding hydrogens is 258 g/mol. The van der Waals surface area contributed by atoms with Gasteiger partial charge in [-0.15, -0.1) is 0 Å². The van der Waals surface area contributed by atoms with Gasteiger partial charge >= 0.3 is 5.97 Å². The van der Waals surface area contributed by atoms with E-state index in [0.717, 1.165) is 25.7 Å². The Morgan fingerprint density at radius 2 is 2.05 bits per heavy atom. The Labute approximate surface area is 116 Å². The van der Waals surface area contributed by atoms with Crippen LogP contribution in [-0.4, -0.2) is 43.9 Å². The Hall–Kier alpha value is -1.98. The minimum absolute atomic E-state index is 0.0411. The molecule has 3 atom stereocenters. The molecule has 1 aliphatic carbocycles. The monoisotopic (exact) mass is 275 g/mol. The smallest absolute Gasteiger partial charge is 0.326 e. The first-order valence-electron chi connectivity index (χ1n) is 7.00. The van der Waals surface area contributed by atoms with Crippen molar-refractivity contribution in [3.63, 3.8) is 0 Å².